The highest BCUT2D eigenvalue weighted by Gasteiger charge is 2.28. The van der Waals surface area contributed by atoms with Crippen molar-refractivity contribution < 1.29 is 9.59 Å². The lowest BCUT2D eigenvalue weighted by atomic mass is 9.92. The monoisotopic (exact) mass is 396 g/mol. The van der Waals surface area contributed by atoms with E-state index in [1.54, 1.807) is 0 Å². The summed E-state index contributed by atoms with van der Waals surface area (Å²) in [5.74, 6) is 1.44. The second kappa shape index (κ2) is 8.19. The summed E-state index contributed by atoms with van der Waals surface area (Å²) in [4.78, 5) is 35.0. The largest absolute Gasteiger partial charge is 0.351 e. The van der Waals surface area contributed by atoms with Crippen molar-refractivity contribution >= 4 is 22.7 Å². The molecular formula is C23H32N4O2. The fourth-order valence-electron chi connectivity index (χ4n) is 4.80. The Hall–Kier alpha value is -2.34. The lowest BCUT2D eigenvalue weighted by Gasteiger charge is -2.38. The molecule has 2 aliphatic rings. The molecule has 1 aromatic heterocycles. The number of hydrogen-bond acceptors (Lipinski definition) is 3. The molecule has 0 aliphatic carbocycles. The average Bonchev–Trinajstić information content (AvgIpc) is 3.10. The number of aromatic nitrogens is 1. The molecule has 0 bridgehead atoms. The van der Waals surface area contributed by atoms with Crippen LogP contribution in [0.1, 0.15) is 36.3 Å². The third-order valence-electron chi connectivity index (χ3n) is 6.25. The summed E-state index contributed by atoms with van der Waals surface area (Å²) in [5, 5.41) is 1.07. The number of hydrogen-bond donors (Lipinski definition) is 1. The maximum absolute atomic E-state index is 12.9. The van der Waals surface area contributed by atoms with E-state index in [2.05, 4.69) is 36.7 Å². The number of rotatable bonds is 3. The quantitative estimate of drug-likeness (QED) is 0.868. The number of nitrogens with zero attached hydrogens (tertiary/aromatic N) is 3. The van der Waals surface area contributed by atoms with Gasteiger partial charge in [-0.3, -0.25) is 14.5 Å². The Balaban J connectivity index is 1.31. The number of fused-ring (bicyclic) bond motifs is 1. The van der Waals surface area contributed by atoms with Crippen molar-refractivity contribution in [2.24, 2.45) is 11.8 Å². The number of carbonyl (C=O) groups excluding carboxylic acids is 2. The van der Waals surface area contributed by atoms with E-state index in [1.807, 2.05) is 28.0 Å². The number of benzene rings is 1. The molecule has 2 aliphatic heterocycles. The van der Waals surface area contributed by atoms with Crippen LogP contribution in [0, 0.1) is 18.8 Å². The predicted molar refractivity (Wildman–Crippen MR) is 115 cm³/mol. The average molecular weight is 397 g/mol. The van der Waals surface area contributed by atoms with Gasteiger partial charge in [-0.2, -0.15) is 0 Å². The van der Waals surface area contributed by atoms with Gasteiger partial charge in [0.25, 0.3) is 5.91 Å². The molecule has 1 N–H and O–H groups in total. The molecule has 2 saturated heterocycles. The molecule has 2 fully saturated rings. The second-order valence-corrected chi connectivity index (χ2v) is 9.09. The van der Waals surface area contributed by atoms with Crippen molar-refractivity contribution in [3.63, 3.8) is 0 Å². The van der Waals surface area contributed by atoms with Crippen LogP contribution in [-0.2, 0) is 4.79 Å². The van der Waals surface area contributed by atoms with Gasteiger partial charge in [-0.1, -0.05) is 25.5 Å². The highest BCUT2D eigenvalue weighted by molar-refractivity contribution is 5.98. The van der Waals surface area contributed by atoms with E-state index in [4.69, 9.17) is 0 Å². The topological polar surface area (TPSA) is 59.7 Å². The molecule has 0 radical (unpaired) electrons. The van der Waals surface area contributed by atoms with Crippen LogP contribution >= 0.6 is 0 Å². The second-order valence-electron chi connectivity index (χ2n) is 9.09. The van der Waals surface area contributed by atoms with E-state index in [0.717, 1.165) is 37.1 Å². The molecule has 2 aromatic rings. The molecule has 1 aromatic carbocycles. The van der Waals surface area contributed by atoms with Crippen molar-refractivity contribution in [3.8, 4) is 0 Å². The number of aryl methyl sites for hydroxylation is 1. The summed E-state index contributed by atoms with van der Waals surface area (Å²) < 4.78 is 0. The number of aromatic amines is 1. The first kappa shape index (κ1) is 20.0. The summed E-state index contributed by atoms with van der Waals surface area (Å²) in [7, 11) is 0. The zero-order chi connectivity index (χ0) is 20.5. The summed E-state index contributed by atoms with van der Waals surface area (Å²) in [6, 6.07) is 8.10. The summed E-state index contributed by atoms with van der Waals surface area (Å²) in [5.41, 5.74) is 2.82. The minimum atomic E-state index is 0.0449. The Morgan fingerprint density at radius 2 is 1.69 bits per heavy atom. The molecule has 2 amide bonds. The smallest absolute Gasteiger partial charge is 0.270 e. The fraction of sp³-hybridized carbons (Fsp3) is 0.565. The number of likely N-dealkylation sites (tertiary alicyclic amines) is 1. The van der Waals surface area contributed by atoms with E-state index < -0.39 is 0 Å². The van der Waals surface area contributed by atoms with Crippen molar-refractivity contribution in [2.75, 3.05) is 45.8 Å². The van der Waals surface area contributed by atoms with E-state index in [-0.39, 0.29) is 11.8 Å². The van der Waals surface area contributed by atoms with Gasteiger partial charge >= 0.3 is 0 Å². The Bertz CT molecular complexity index is 887. The van der Waals surface area contributed by atoms with E-state index in [9.17, 15) is 9.59 Å². The molecule has 29 heavy (non-hydrogen) atoms. The minimum absolute atomic E-state index is 0.0449. The van der Waals surface area contributed by atoms with Gasteiger partial charge in [-0.25, -0.2) is 0 Å². The van der Waals surface area contributed by atoms with Crippen molar-refractivity contribution in [1.29, 1.82) is 0 Å². The molecule has 0 unspecified atom stereocenters. The Morgan fingerprint density at radius 1 is 1.00 bits per heavy atom. The van der Waals surface area contributed by atoms with Crippen LogP contribution in [0.25, 0.3) is 10.9 Å². The van der Waals surface area contributed by atoms with Crippen LogP contribution in [0.2, 0.25) is 0 Å². The Labute approximate surface area is 172 Å². The summed E-state index contributed by atoms with van der Waals surface area (Å²) in [6.07, 6.45) is 1.21. The molecule has 156 valence electrons. The number of piperazine rings is 1. The molecule has 3 heterocycles. The first-order valence-corrected chi connectivity index (χ1v) is 10.8. The zero-order valence-corrected chi connectivity index (χ0v) is 17.8. The molecular weight excluding hydrogens is 364 g/mol. The lowest BCUT2D eigenvalue weighted by molar-refractivity contribution is -0.135. The van der Waals surface area contributed by atoms with Crippen molar-refractivity contribution in [3.05, 3.63) is 35.5 Å². The minimum Gasteiger partial charge on any atom is -0.351 e. The number of amides is 2. The molecule has 0 saturated carbocycles. The number of H-pyrrole nitrogens is 1. The van der Waals surface area contributed by atoms with Gasteiger partial charge in [-0.15, -0.1) is 0 Å². The van der Waals surface area contributed by atoms with Gasteiger partial charge in [0.05, 0.1) is 6.54 Å². The van der Waals surface area contributed by atoms with Gasteiger partial charge in [0.15, 0.2) is 0 Å². The first-order valence-electron chi connectivity index (χ1n) is 10.8. The Kier molecular flexibility index (Phi) is 5.63. The first-order chi connectivity index (χ1) is 13.9. The molecule has 6 nitrogen and oxygen atoms in total. The SMILES string of the molecule is Cc1ccc2[nH]c(C(=O)N3CCN(CC(=O)N4C[C@H](C)C[C@@H](C)C4)CC3)cc2c1. The molecule has 6 heteroatoms. The van der Waals surface area contributed by atoms with Crippen LogP contribution < -0.4 is 0 Å². The lowest BCUT2D eigenvalue weighted by Crippen LogP contribution is -2.53. The predicted octanol–water partition coefficient (Wildman–Crippen LogP) is 2.74. The molecule has 0 spiro atoms. The van der Waals surface area contributed by atoms with Gasteiger partial charge in [0.2, 0.25) is 5.91 Å². The van der Waals surface area contributed by atoms with Crippen LogP contribution in [-0.4, -0.2) is 77.3 Å². The van der Waals surface area contributed by atoms with Crippen LogP contribution in [0.4, 0.5) is 0 Å². The highest BCUT2D eigenvalue weighted by atomic mass is 16.2. The van der Waals surface area contributed by atoms with Crippen LogP contribution in [0.5, 0.6) is 0 Å². The maximum Gasteiger partial charge on any atom is 0.270 e. The van der Waals surface area contributed by atoms with Gasteiger partial charge in [-0.05, 0) is 43.4 Å². The van der Waals surface area contributed by atoms with Crippen molar-refractivity contribution in [2.45, 2.75) is 27.2 Å². The van der Waals surface area contributed by atoms with Gasteiger partial charge in [0.1, 0.15) is 5.69 Å². The molecule has 4 rings (SSSR count). The van der Waals surface area contributed by atoms with Gasteiger partial charge < -0.3 is 14.8 Å². The number of piperidine rings is 1. The normalized spacial score (nSPS) is 23.6. The van der Waals surface area contributed by atoms with E-state index in [1.165, 1.54) is 12.0 Å². The van der Waals surface area contributed by atoms with E-state index >= 15 is 0 Å². The zero-order valence-electron chi connectivity index (χ0n) is 17.8. The summed E-state index contributed by atoms with van der Waals surface area (Å²) in [6.45, 7) is 11.5. The Morgan fingerprint density at radius 3 is 2.38 bits per heavy atom. The molecule has 2 atom stereocenters. The number of nitrogens with one attached hydrogen (secondary N) is 1. The third-order valence-corrected chi connectivity index (χ3v) is 6.25. The number of carbonyl (C=O) groups is 2. The highest BCUT2D eigenvalue weighted by Crippen LogP contribution is 2.22. The maximum atomic E-state index is 12.9. The van der Waals surface area contributed by atoms with Crippen molar-refractivity contribution in [1.82, 2.24) is 19.7 Å². The van der Waals surface area contributed by atoms with Crippen LogP contribution in [0.3, 0.4) is 0 Å². The van der Waals surface area contributed by atoms with E-state index in [0.29, 0.717) is 37.2 Å². The standard InChI is InChI=1S/C23H32N4O2/c1-16-4-5-20-19(11-16)12-21(24-20)23(29)26-8-6-25(7-9-26)15-22(28)27-13-17(2)10-18(3)14-27/h4-5,11-12,17-18,24H,6-10,13-15H2,1-3H3/t17-,18-/m1/s1. The third kappa shape index (κ3) is 4.47. The van der Waals surface area contributed by atoms with Gasteiger partial charge in [0, 0.05) is 50.2 Å². The van der Waals surface area contributed by atoms with Crippen LogP contribution in [0.15, 0.2) is 24.3 Å². The fourth-order valence-corrected chi connectivity index (χ4v) is 4.80. The summed E-state index contributed by atoms with van der Waals surface area (Å²) >= 11 is 0.